The largest absolute Gasteiger partial charge is 0.508 e. The monoisotopic (exact) mass is 428 g/mol. The van der Waals surface area contributed by atoms with Crippen LogP contribution in [0.3, 0.4) is 0 Å². The third-order valence-electron chi connectivity index (χ3n) is 4.32. The van der Waals surface area contributed by atoms with Crippen molar-refractivity contribution in [3.8, 4) is 17.1 Å². The molecule has 0 fully saturated rings. The molecule has 1 amide bonds. The van der Waals surface area contributed by atoms with Crippen molar-refractivity contribution in [2.45, 2.75) is 27.2 Å². The molecule has 8 nitrogen and oxygen atoms in total. The van der Waals surface area contributed by atoms with Gasteiger partial charge in [-0.1, -0.05) is 12.1 Å². The van der Waals surface area contributed by atoms with Gasteiger partial charge in [0.2, 0.25) is 0 Å². The number of Topliss-reactive ketones (excluding diaryl/α,β-unsaturated/α-hetero) is 1. The average Bonchev–Trinajstić information content (AvgIpc) is 3.33. The van der Waals surface area contributed by atoms with Crippen LogP contribution in [0.5, 0.6) is 5.75 Å². The van der Waals surface area contributed by atoms with Crippen molar-refractivity contribution in [1.29, 1.82) is 0 Å². The smallest absolute Gasteiger partial charge is 0.341 e. The van der Waals surface area contributed by atoms with Gasteiger partial charge in [-0.25, -0.2) is 4.79 Å². The maximum atomic E-state index is 12.7. The van der Waals surface area contributed by atoms with Crippen molar-refractivity contribution in [1.82, 2.24) is 5.16 Å². The van der Waals surface area contributed by atoms with E-state index in [1.54, 1.807) is 32.9 Å². The maximum absolute atomic E-state index is 12.7. The zero-order chi connectivity index (χ0) is 21.8. The number of ketones is 1. The van der Waals surface area contributed by atoms with Gasteiger partial charge in [0.15, 0.2) is 17.2 Å². The van der Waals surface area contributed by atoms with Crippen LogP contribution in [0.15, 0.2) is 34.9 Å². The highest BCUT2D eigenvalue weighted by Crippen LogP contribution is 2.35. The zero-order valence-electron chi connectivity index (χ0n) is 16.6. The average molecular weight is 428 g/mol. The summed E-state index contributed by atoms with van der Waals surface area (Å²) in [6.45, 7) is 5.22. The molecule has 0 bridgehead atoms. The molecule has 2 heterocycles. The van der Waals surface area contributed by atoms with E-state index in [-0.39, 0.29) is 40.8 Å². The van der Waals surface area contributed by atoms with Gasteiger partial charge >= 0.3 is 5.97 Å². The number of amides is 1. The number of aromatic nitrogens is 1. The molecule has 0 aliphatic heterocycles. The molecule has 3 rings (SSSR count). The molecule has 0 aliphatic rings. The first-order valence-corrected chi connectivity index (χ1v) is 10.1. The highest BCUT2D eigenvalue weighted by atomic mass is 32.1. The van der Waals surface area contributed by atoms with Gasteiger partial charge in [0.05, 0.1) is 17.0 Å². The van der Waals surface area contributed by atoms with E-state index < -0.39 is 11.9 Å². The highest BCUT2D eigenvalue weighted by Gasteiger charge is 2.27. The fraction of sp³-hybridized carbons (Fsp3) is 0.238. The molecule has 0 spiro atoms. The van der Waals surface area contributed by atoms with Crippen LogP contribution in [0.2, 0.25) is 0 Å². The lowest BCUT2D eigenvalue weighted by molar-refractivity contribution is 0.0527. The number of ether oxygens (including phenoxy) is 1. The van der Waals surface area contributed by atoms with Crippen LogP contribution in [0, 0.1) is 6.92 Å². The summed E-state index contributed by atoms with van der Waals surface area (Å²) in [4.78, 5) is 37.7. The molecule has 156 valence electrons. The Bertz CT molecular complexity index is 1100. The Morgan fingerprint density at radius 1 is 1.20 bits per heavy atom. The van der Waals surface area contributed by atoms with Gasteiger partial charge in [-0.05, 0) is 43.7 Å². The number of nitrogens with zero attached hydrogens (tertiary/aromatic N) is 1. The number of phenolic OH excluding ortho intramolecular Hbond substituents is 1. The fourth-order valence-electron chi connectivity index (χ4n) is 2.79. The molecule has 0 radical (unpaired) electrons. The van der Waals surface area contributed by atoms with E-state index in [4.69, 9.17) is 9.26 Å². The minimum Gasteiger partial charge on any atom is -0.508 e. The number of rotatable bonds is 7. The van der Waals surface area contributed by atoms with E-state index in [0.29, 0.717) is 21.8 Å². The minimum absolute atomic E-state index is 0.00213. The summed E-state index contributed by atoms with van der Waals surface area (Å²) >= 11 is 1.03. The van der Waals surface area contributed by atoms with Crippen molar-refractivity contribution < 1.29 is 28.8 Å². The van der Waals surface area contributed by atoms with Crippen molar-refractivity contribution >= 4 is 34.0 Å². The Labute approximate surface area is 176 Å². The van der Waals surface area contributed by atoms with Crippen molar-refractivity contribution in [2.24, 2.45) is 0 Å². The number of hydrogen-bond donors (Lipinski definition) is 2. The number of esters is 1. The summed E-state index contributed by atoms with van der Waals surface area (Å²) in [5.41, 5.74) is 1.27. The first-order chi connectivity index (χ1) is 14.3. The van der Waals surface area contributed by atoms with Gasteiger partial charge in [-0.15, -0.1) is 11.3 Å². The lowest BCUT2D eigenvalue weighted by Gasteiger charge is -2.05. The summed E-state index contributed by atoms with van der Waals surface area (Å²) in [7, 11) is 0. The second-order valence-corrected chi connectivity index (χ2v) is 7.36. The molecule has 2 aromatic heterocycles. The predicted molar refractivity (Wildman–Crippen MR) is 111 cm³/mol. The topological polar surface area (TPSA) is 119 Å². The number of thiophene rings is 1. The predicted octanol–water partition coefficient (Wildman–Crippen LogP) is 4.44. The normalized spacial score (nSPS) is 10.6. The number of benzene rings is 1. The lowest BCUT2D eigenvalue weighted by Crippen LogP contribution is -2.15. The van der Waals surface area contributed by atoms with E-state index in [1.807, 2.05) is 0 Å². The van der Waals surface area contributed by atoms with Gasteiger partial charge in [0.25, 0.3) is 5.91 Å². The van der Waals surface area contributed by atoms with Crippen LogP contribution in [0.1, 0.15) is 56.3 Å². The standard InChI is InChI=1S/C21H20N2O6S/c1-4-15(25)18-11(3)17(21(27)28-5-2)20(30-18)22-19(26)14-10-16(29-23-14)12-6-8-13(24)9-7-12/h6-10,24H,4-5H2,1-3H3,(H,22,26). The summed E-state index contributed by atoms with van der Waals surface area (Å²) in [6.07, 6.45) is 0.274. The number of carbonyl (C=O) groups is 3. The third-order valence-corrected chi connectivity index (χ3v) is 5.57. The molecule has 9 heteroatoms. The van der Waals surface area contributed by atoms with Gasteiger partial charge in [-0.3, -0.25) is 9.59 Å². The molecular weight excluding hydrogens is 408 g/mol. The number of nitrogens with one attached hydrogen (secondary N) is 1. The lowest BCUT2D eigenvalue weighted by atomic mass is 10.1. The van der Waals surface area contributed by atoms with Crippen LogP contribution >= 0.6 is 11.3 Å². The Hall–Kier alpha value is -3.46. The van der Waals surface area contributed by atoms with E-state index in [2.05, 4.69) is 10.5 Å². The first kappa shape index (κ1) is 21.3. The molecule has 0 aliphatic carbocycles. The molecule has 2 N–H and O–H groups in total. The molecule has 0 atom stereocenters. The van der Waals surface area contributed by atoms with E-state index in [9.17, 15) is 19.5 Å². The molecule has 0 saturated heterocycles. The van der Waals surface area contributed by atoms with Crippen LogP contribution in [-0.4, -0.2) is 34.5 Å². The van der Waals surface area contributed by atoms with Gasteiger partial charge in [0, 0.05) is 18.1 Å². The molecule has 3 aromatic rings. The summed E-state index contributed by atoms with van der Waals surface area (Å²) in [5.74, 6) is -0.879. The van der Waals surface area contributed by atoms with Crippen LogP contribution in [-0.2, 0) is 4.74 Å². The van der Waals surface area contributed by atoms with E-state index in [0.717, 1.165) is 11.3 Å². The number of carbonyl (C=O) groups excluding carboxylic acids is 3. The second kappa shape index (κ2) is 8.91. The quantitative estimate of drug-likeness (QED) is 0.422. The Morgan fingerprint density at radius 3 is 2.53 bits per heavy atom. The van der Waals surface area contributed by atoms with Gasteiger partial charge in [-0.2, -0.15) is 0 Å². The molecule has 0 unspecified atom stereocenters. The summed E-state index contributed by atoms with van der Waals surface area (Å²) in [6, 6.07) is 7.68. The maximum Gasteiger partial charge on any atom is 0.341 e. The number of aromatic hydroxyl groups is 1. The number of phenols is 1. The number of anilines is 1. The van der Waals surface area contributed by atoms with Crippen molar-refractivity contribution in [2.75, 3.05) is 11.9 Å². The SMILES string of the molecule is CCOC(=O)c1c(NC(=O)c2cc(-c3ccc(O)cc3)on2)sc(C(=O)CC)c1C. The fourth-order valence-corrected chi connectivity index (χ4v) is 3.99. The van der Waals surface area contributed by atoms with E-state index in [1.165, 1.54) is 18.2 Å². The van der Waals surface area contributed by atoms with Crippen LogP contribution in [0.4, 0.5) is 5.00 Å². The first-order valence-electron chi connectivity index (χ1n) is 9.26. The highest BCUT2D eigenvalue weighted by molar-refractivity contribution is 7.18. The molecular formula is C21H20N2O6S. The summed E-state index contributed by atoms with van der Waals surface area (Å²) in [5, 5.41) is 16.0. The zero-order valence-corrected chi connectivity index (χ0v) is 17.5. The van der Waals surface area contributed by atoms with Crippen molar-refractivity contribution in [3.05, 3.63) is 52.0 Å². The Balaban J connectivity index is 1.90. The third kappa shape index (κ3) is 4.25. The van der Waals surface area contributed by atoms with Gasteiger partial charge < -0.3 is 19.7 Å². The van der Waals surface area contributed by atoms with Gasteiger partial charge in [0.1, 0.15) is 10.8 Å². The minimum atomic E-state index is -0.610. The van der Waals surface area contributed by atoms with Crippen molar-refractivity contribution in [3.63, 3.8) is 0 Å². The molecule has 0 saturated carbocycles. The van der Waals surface area contributed by atoms with E-state index >= 15 is 0 Å². The summed E-state index contributed by atoms with van der Waals surface area (Å²) < 4.78 is 10.3. The molecule has 1 aromatic carbocycles. The molecule has 30 heavy (non-hydrogen) atoms. The van der Waals surface area contributed by atoms with Crippen LogP contribution < -0.4 is 5.32 Å². The Kier molecular flexibility index (Phi) is 6.31. The Morgan fingerprint density at radius 2 is 1.90 bits per heavy atom. The second-order valence-electron chi connectivity index (χ2n) is 6.33. The number of hydrogen-bond acceptors (Lipinski definition) is 8. The van der Waals surface area contributed by atoms with Crippen LogP contribution in [0.25, 0.3) is 11.3 Å².